The number of alkyl halides is 3. The number of halogens is 5. The topological polar surface area (TPSA) is 0 Å². The molecule has 0 amide bonds. The molecule has 0 saturated heterocycles. The zero-order valence-electron chi connectivity index (χ0n) is 11.9. The van der Waals surface area contributed by atoms with E-state index in [1.165, 1.54) is 12.1 Å². The van der Waals surface area contributed by atoms with Gasteiger partial charge in [0, 0.05) is 0 Å². The second-order valence-electron chi connectivity index (χ2n) is 4.96. The number of benzene rings is 2. The summed E-state index contributed by atoms with van der Waals surface area (Å²) >= 11 is -2.34. The maximum absolute atomic E-state index is 12.8. The van der Waals surface area contributed by atoms with Crippen molar-refractivity contribution in [3.63, 3.8) is 0 Å². The molecule has 0 fully saturated rings. The van der Waals surface area contributed by atoms with Gasteiger partial charge in [0.25, 0.3) is 0 Å². The van der Waals surface area contributed by atoms with E-state index in [0.717, 1.165) is 26.3 Å². The molecule has 2 aromatic carbocycles. The molecular formula is C16H15ClF3I. The van der Waals surface area contributed by atoms with Crippen LogP contribution in [0.3, 0.4) is 0 Å². The van der Waals surface area contributed by atoms with E-state index < -0.39 is 30.4 Å². The first-order valence-corrected chi connectivity index (χ1v) is 11.2. The molecule has 21 heavy (non-hydrogen) atoms. The predicted molar refractivity (Wildman–Crippen MR) is 89.4 cm³/mol. The van der Waals surface area contributed by atoms with Crippen molar-refractivity contribution in [2.75, 3.05) is 0 Å². The number of rotatable bonds is 2. The van der Waals surface area contributed by atoms with Crippen LogP contribution in [0.1, 0.15) is 22.3 Å². The number of hydrogen-bond acceptors (Lipinski definition) is 0. The van der Waals surface area contributed by atoms with E-state index in [1.807, 2.05) is 32.9 Å². The summed E-state index contributed by atoms with van der Waals surface area (Å²) in [6.45, 7) is 5.94. The number of hydrogen-bond donors (Lipinski definition) is 0. The molecule has 0 unspecified atom stereocenters. The van der Waals surface area contributed by atoms with Crippen LogP contribution >= 0.6 is 27.6 Å². The Balaban J connectivity index is 2.48. The van der Waals surface area contributed by atoms with Crippen molar-refractivity contribution in [3.8, 4) is 0 Å². The van der Waals surface area contributed by atoms with E-state index in [9.17, 15) is 13.2 Å². The second-order valence-corrected chi connectivity index (χ2v) is 10.6. The molecule has 0 aromatic heterocycles. The summed E-state index contributed by atoms with van der Waals surface area (Å²) in [5.74, 6) is 0. The van der Waals surface area contributed by atoms with E-state index in [1.54, 1.807) is 6.07 Å². The fourth-order valence-electron chi connectivity index (χ4n) is 2.30. The summed E-state index contributed by atoms with van der Waals surface area (Å²) in [6.07, 6.45) is -4.33. The monoisotopic (exact) mass is 426 g/mol. The van der Waals surface area contributed by atoms with Crippen LogP contribution in [0.4, 0.5) is 13.2 Å². The minimum absolute atomic E-state index is 0.616. The summed E-state index contributed by atoms with van der Waals surface area (Å²) in [6, 6.07) is 9.47. The van der Waals surface area contributed by atoms with Crippen molar-refractivity contribution in [1.29, 1.82) is 0 Å². The van der Waals surface area contributed by atoms with Crippen molar-refractivity contribution in [3.05, 3.63) is 65.8 Å². The third-order valence-corrected chi connectivity index (χ3v) is 9.57. The van der Waals surface area contributed by atoms with E-state index in [0.29, 0.717) is 3.57 Å². The summed E-state index contributed by atoms with van der Waals surface area (Å²) in [4.78, 5) is 0. The first kappa shape index (κ1) is 16.6. The van der Waals surface area contributed by atoms with Gasteiger partial charge >= 0.3 is 134 Å². The van der Waals surface area contributed by atoms with Gasteiger partial charge in [0.05, 0.1) is 0 Å². The summed E-state index contributed by atoms with van der Waals surface area (Å²) in [7, 11) is 6.61. The molecule has 0 aliphatic carbocycles. The van der Waals surface area contributed by atoms with Gasteiger partial charge in [-0.1, -0.05) is 0 Å². The van der Waals surface area contributed by atoms with Gasteiger partial charge in [0.15, 0.2) is 0 Å². The van der Waals surface area contributed by atoms with Crippen LogP contribution in [0.2, 0.25) is 0 Å². The van der Waals surface area contributed by atoms with Crippen LogP contribution in [-0.4, -0.2) is 0 Å². The Morgan fingerprint density at radius 3 is 2.05 bits per heavy atom. The molecule has 0 saturated carbocycles. The molecule has 0 atom stereocenters. The predicted octanol–water partition coefficient (Wildman–Crippen LogP) is 6.33. The van der Waals surface area contributed by atoms with Crippen LogP contribution in [-0.2, 0) is 6.18 Å². The van der Waals surface area contributed by atoms with Crippen LogP contribution in [0.5, 0.6) is 0 Å². The average Bonchev–Trinajstić information content (AvgIpc) is 2.36. The zero-order chi connectivity index (χ0) is 15.8. The van der Waals surface area contributed by atoms with E-state index in [2.05, 4.69) is 0 Å². The van der Waals surface area contributed by atoms with Gasteiger partial charge in [-0.25, -0.2) is 0 Å². The Morgan fingerprint density at radius 2 is 1.52 bits per heavy atom. The second kappa shape index (κ2) is 6.16. The normalized spacial score (nSPS) is 12.4. The quantitative estimate of drug-likeness (QED) is 0.492. The summed E-state index contributed by atoms with van der Waals surface area (Å²) in [5, 5.41) is 0. The fraction of sp³-hybridized carbons (Fsp3) is 0.250. The molecule has 0 radical (unpaired) electrons. The van der Waals surface area contributed by atoms with Gasteiger partial charge in [0.2, 0.25) is 0 Å². The van der Waals surface area contributed by atoms with Gasteiger partial charge in [-0.05, 0) is 0 Å². The molecule has 0 aliphatic heterocycles. The van der Waals surface area contributed by atoms with Crippen molar-refractivity contribution in [1.82, 2.24) is 0 Å². The Labute approximate surface area is 133 Å². The molecule has 2 aromatic rings. The molecule has 0 nitrogen and oxygen atoms in total. The van der Waals surface area contributed by atoms with Gasteiger partial charge in [-0.15, -0.1) is 0 Å². The first-order valence-electron chi connectivity index (χ1n) is 6.31. The minimum atomic E-state index is -4.33. The van der Waals surface area contributed by atoms with Gasteiger partial charge in [0.1, 0.15) is 0 Å². The van der Waals surface area contributed by atoms with Crippen LogP contribution in [0.25, 0.3) is 0 Å². The molecular weight excluding hydrogens is 412 g/mol. The molecule has 2 rings (SSSR count). The molecule has 0 heterocycles. The Morgan fingerprint density at radius 1 is 0.952 bits per heavy atom. The Hall–Kier alpha value is -0.750. The van der Waals surface area contributed by atoms with Crippen LogP contribution in [0.15, 0.2) is 36.4 Å². The molecule has 0 bridgehead atoms. The van der Waals surface area contributed by atoms with Crippen molar-refractivity contribution in [2.45, 2.75) is 26.9 Å². The maximum atomic E-state index is 12.8. The standard InChI is InChI=1S/C16H15ClF3I/c1-10-7-11(2)15(12(3)8-10)21(17)14-6-4-5-13(9-14)16(18,19)20/h4-9H,1-3H3. The van der Waals surface area contributed by atoms with Gasteiger partial charge in [-0.3, -0.25) is 0 Å². The van der Waals surface area contributed by atoms with E-state index in [4.69, 9.17) is 8.91 Å². The molecule has 0 spiro atoms. The molecule has 114 valence electrons. The van der Waals surface area contributed by atoms with Crippen molar-refractivity contribution >= 4 is 27.6 Å². The van der Waals surface area contributed by atoms with E-state index >= 15 is 0 Å². The van der Waals surface area contributed by atoms with Crippen LogP contribution < -0.4 is 0 Å². The fourth-order valence-corrected chi connectivity index (χ4v) is 7.97. The van der Waals surface area contributed by atoms with Crippen molar-refractivity contribution < 1.29 is 13.2 Å². The molecule has 0 N–H and O–H groups in total. The third kappa shape index (κ3) is 3.72. The van der Waals surface area contributed by atoms with E-state index in [-0.39, 0.29) is 0 Å². The molecule has 0 aliphatic rings. The van der Waals surface area contributed by atoms with Gasteiger partial charge < -0.3 is 0 Å². The Kier molecular flexibility index (Phi) is 4.88. The van der Waals surface area contributed by atoms with Gasteiger partial charge in [-0.2, -0.15) is 0 Å². The first-order chi connectivity index (χ1) is 9.70. The Bertz CT molecular complexity index is 642. The third-order valence-electron chi connectivity index (χ3n) is 3.09. The average molecular weight is 427 g/mol. The SMILES string of the molecule is Cc1cc(C)c(I(Cl)c2cccc(C(F)(F)F)c2)c(C)c1. The summed E-state index contributed by atoms with van der Waals surface area (Å²) in [5.41, 5.74) is 2.62. The van der Waals surface area contributed by atoms with Crippen LogP contribution in [0, 0.1) is 27.9 Å². The van der Waals surface area contributed by atoms with Crippen molar-refractivity contribution in [2.24, 2.45) is 0 Å². The number of aryl methyl sites for hydroxylation is 3. The zero-order valence-corrected chi connectivity index (χ0v) is 14.8. The summed E-state index contributed by atoms with van der Waals surface area (Å²) < 4.78 is 40.1. The molecule has 5 heteroatoms.